The van der Waals surface area contributed by atoms with Gasteiger partial charge in [-0.15, -0.1) is 10.2 Å². The van der Waals surface area contributed by atoms with Crippen LogP contribution in [0.5, 0.6) is 5.75 Å². The first-order chi connectivity index (χ1) is 16.6. The van der Waals surface area contributed by atoms with Crippen LogP contribution >= 0.6 is 0 Å². The van der Waals surface area contributed by atoms with Crippen LogP contribution in [0.2, 0.25) is 0 Å². The maximum atomic E-state index is 13.0. The fourth-order valence-electron chi connectivity index (χ4n) is 3.25. The molecule has 13 heteroatoms. The van der Waals surface area contributed by atoms with Gasteiger partial charge in [-0.05, 0) is 25.1 Å². The van der Waals surface area contributed by atoms with E-state index in [1.165, 1.54) is 31.2 Å². The topological polar surface area (TPSA) is 146 Å². The number of halogens is 3. The summed E-state index contributed by atoms with van der Waals surface area (Å²) < 4.78 is 39.7. The minimum Gasteiger partial charge on any atom is -0.507 e. The Balaban J connectivity index is 1.83. The van der Waals surface area contributed by atoms with E-state index < -0.39 is 29.3 Å². The lowest BCUT2D eigenvalue weighted by molar-refractivity contribution is -0.141. The molecule has 35 heavy (non-hydrogen) atoms. The molecule has 0 aliphatic carbocycles. The van der Waals surface area contributed by atoms with Crippen LogP contribution in [-0.2, 0) is 6.18 Å². The van der Waals surface area contributed by atoms with E-state index in [2.05, 4.69) is 25.3 Å². The number of rotatable bonds is 5. The minimum atomic E-state index is -4.74. The van der Waals surface area contributed by atoms with Gasteiger partial charge in [0, 0.05) is 17.3 Å². The third-order valence-electron chi connectivity index (χ3n) is 4.88. The van der Waals surface area contributed by atoms with E-state index >= 15 is 0 Å². The molecular weight excluding hydrogens is 469 g/mol. The van der Waals surface area contributed by atoms with E-state index in [0.717, 1.165) is 6.20 Å². The van der Waals surface area contributed by atoms with Gasteiger partial charge in [0.2, 0.25) is 0 Å². The van der Waals surface area contributed by atoms with Crippen molar-refractivity contribution in [1.29, 1.82) is 0 Å². The third-order valence-corrected chi connectivity index (χ3v) is 4.88. The van der Waals surface area contributed by atoms with Crippen molar-refractivity contribution in [2.45, 2.75) is 13.1 Å². The number of carbonyl (C=O) groups is 1. The normalized spacial score (nSPS) is 11.8. The minimum absolute atomic E-state index is 0.122. The number of hydrogen-bond acceptors (Lipinski definition) is 7. The fourth-order valence-corrected chi connectivity index (χ4v) is 3.25. The SMILES string of the molecule is Cc1[nH]n(-c2nccc(C(F)(F)F)n2)c(=O)c1N=Nc1c(C(=O)O)cccc1-c1ccccc1O. The Labute approximate surface area is 194 Å². The highest BCUT2D eigenvalue weighted by Gasteiger charge is 2.33. The second-order valence-electron chi connectivity index (χ2n) is 7.19. The van der Waals surface area contributed by atoms with Crippen LogP contribution in [0.1, 0.15) is 21.7 Å². The molecule has 2 aromatic carbocycles. The van der Waals surface area contributed by atoms with Gasteiger partial charge in [-0.3, -0.25) is 9.89 Å². The Hall–Kier alpha value is -4.81. The number of aromatic nitrogens is 4. The van der Waals surface area contributed by atoms with Crippen LogP contribution in [0.15, 0.2) is 69.8 Å². The van der Waals surface area contributed by atoms with Crippen molar-refractivity contribution in [1.82, 2.24) is 19.7 Å². The van der Waals surface area contributed by atoms with Crippen molar-refractivity contribution in [2.24, 2.45) is 10.2 Å². The molecule has 3 N–H and O–H groups in total. The summed E-state index contributed by atoms with van der Waals surface area (Å²) in [7, 11) is 0. The lowest BCUT2D eigenvalue weighted by Gasteiger charge is -2.09. The summed E-state index contributed by atoms with van der Waals surface area (Å²) >= 11 is 0. The van der Waals surface area contributed by atoms with Crippen LogP contribution in [-0.4, -0.2) is 35.9 Å². The summed E-state index contributed by atoms with van der Waals surface area (Å²) in [5.41, 5.74) is -2.18. The Kier molecular flexibility index (Phi) is 5.91. The van der Waals surface area contributed by atoms with E-state index in [-0.39, 0.29) is 39.5 Å². The van der Waals surface area contributed by atoms with Crippen LogP contribution in [0, 0.1) is 6.92 Å². The fraction of sp³-hybridized carbons (Fsp3) is 0.0909. The van der Waals surface area contributed by atoms with Crippen LogP contribution in [0.25, 0.3) is 17.1 Å². The van der Waals surface area contributed by atoms with E-state index in [4.69, 9.17) is 0 Å². The summed E-state index contributed by atoms with van der Waals surface area (Å²) in [5.74, 6) is -2.01. The molecular formula is C22H15F3N6O4. The van der Waals surface area contributed by atoms with Crippen molar-refractivity contribution >= 4 is 17.3 Å². The summed E-state index contributed by atoms with van der Waals surface area (Å²) in [5, 5.41) is 30.2. The van der Waals surface area contributed by atoms with Crippen LogP contribution < -0.4 is 5.56 Å². The number of hydrogen-bond donors (Lipinski definition) is 3. The van der Waals surface area contributed by atoms with Gasteiger partial charge in [0.05, 0.1) is 11.3 Å². The molecule has 0 atom stereocenters. The molecule has 178 valence electrons. The summed E-state index contributed by atoms with van der Waals surface area (Å²) in [6.45, 7) is 1.42. The number of carboxylic acid groups (broad SMARTS) is 1. The van der Waals surface area contributed by atoms with Gasteiger partial charge in [-0.2, -0.15) is 17.9 Å². The predicted molar refractivity (Wildman–Crippen MR) is 116 cm³/mol. The molecule has 0 amide bonds. The molecule has 0 saturated carbocycles. The van der Waals surface area contributed by atoms with E-state index in [1.54, 1.807) is 18.2 Å². The molecule has 4 rings (SSSR count). The number of azo groups is 1. The number of benzene rings is 2. The average Bonchev–Trinajstić information content (AvgIpc) is 3.10. The van der Waals surface area contributed by atoms with E-state index in [9.17, 15) is 33.0 Å². The monoisotopic (exact) mass is 484 g/mol. The van der Waals surface area contributed by atoms with Gasteiger partial charge in [-0.1, -0.05) is 30.3 Å². The number of aryl methyl sites for hydroxylation is 1. The molecule has 0 saturated heterocycles. The molecule has 0 bridgehead atoms. The molecule has 0 unspecified atom stereocenters. The second-order valence-corrected chi connectivity index (χ2v) is 7.19. The smallest absolute Gasteiger partial charge is 0.433 e. The number of para-hydroxylation sites is 1. The second kappa shape index (κ2) is 8.85. The lowest BCUT2D eigenvalue weighted by atomic mass is 9.99. The Morgan fingerprint density at radius 2 is 1.71 bits per heavy atom. The molecule has 2 heterocycles. The highest BCUT2D eigenvalue weighted by atomic mass is 19.4. The summed E-state index contributed by atoms with van der Waals surface area (Å²) in [6.07, 6.45) is -3.89. The molecule has 4 aromatic rings. The number of H-pyrrole nitrogens is 1. The first kappa shape index (κ1) is 23.4. The van der Waals surface area contributed by atoms with E-state index in [1.807, 2.05) is 0 Å². The van der Waals surface area contributed by atoms with Gasteiger partial charge in [-0.25, -0.2) is 14.8 Å². The molecule has 0 aliphatic rings. The van der Waals surface area contributed by atoms with Crippen molar-refractivity contribution < 1.29 is 28.2 Å². The zero-order valence-electron chi connectivity index (χ0n) is 17.8. The van der Waals surface area contributed by atoms with Gasteiger partial charge in [0.1, 0.15) is 17.1 Å². The Bertz CT molecular complexity index is 1520. The number of phenols is 1. The molecule has 0 fully saturated rings. The van der Waals surface area contributed by atoms with Crippen LogP contribution in [0.3, 0.4) is 0 Å². The van der Waals surface area contributed by atoms with Crippen molar-refractivity contribution in [3.63, 3.8) is 0 Å². The summed E-state index contributed by atoms with van der Waals surface area (Å²) in [6, 6.07) is 11.1. The molecule has 10 nitrogen and oxygen atoms in total. The van der Waals surface area contributed by atoms with Gasteiger partial charge in [0.25, 0.3) is 5.95 Å². The zero-order chi connectivity index (χ0) is 25.3. The molecule has 0 aliphatic heterocycles. The highest BCUT2D eigenvalue weighted by molar-refractivity contribution is 5.98. The number of nitrogens with zero attached hydrogens (tertiary/aromatic N) is 5. The largest absolute Gasteiger partial charge is 0.507 e. The van der Waals surface area contributed by atoms with Gasteiger partial charge < -0.3 is 10.2 Å². The quantitative estimate of drug-likeness (QED) is 0.348. The lowest BCUT2D eigenvalue weighted by Crippen LogP contribution is -2.19. The third kappa shape index (κ3) is 4.51. The van der Waals surface area contributed by atoms with Gasteiger partial charge >= 0.3 is 17.7 Å². The van der Waals surface area contributed by atoms with Crippen LogP contribution in [0.4, 0.5) is 24.5 Å². The number of phenolic OH excluding ortho intramolecular Hbond substituents is 1. The first-order valence-electron chi connectivity index (χ1n) is 9.86. The molecule has 2 aromatic heterocycles. The maximum Gasteiger partial charge on any atom is 0.433 e. The summed E-state index contributed by atoms with van der Waals surface area (Å²) in [4.78, 5) is 31.7. The van der Waals surface area contributed by atoms with E-state index in [0.29, 0.717) is 10.7 Å². The van der Waals surface area contributed by atoms with Crippen molar-refractivity contribution in [3.05, 3.63) is 82.0 Å². The number of aromatic hydroxyl groups is 1. The average molecular weight is 484 g/mol. The first-order valence-corrected chi connectivity index (χ1v) is 9.86. The van der Waals surface area contributed by atoms with Crippen molar-refractivity contribution in [2.75, 3.05) is 0 Å². The number of alkyl halides is 3. The number of carboxylic acids is 1. The number of aromatic carboxylic acids is 1. The Morgan fingerprint density at radius 3 is 2.40 bits per heavy atom. The standard InChI is InChI=1S/C22H15F3N6O4/c1-11-17(19(33)31(30-11)21-26-10-9-16(27-21)22(23,24)25)28-29-18-13(6-4-7-14(18)20(34)35)12-5-2-3-8-15(12)32/h2-10,30,32H,1H3,(H,34,35). The molecule has 0 radical (unpaired) electrons. The molecule has 0 spiro atoms. The highest BCUT2D eigenvalue weighted by Crippen LogP contribution is 2.38. The Morgan fingerprint density at radius 1 is 1.03 bits per heavy atom. The zero-order valence-corrected chi connectivity index (χ0v) is 17.8. The van der Waals surface area contributed by atoms with Gasteiger partial charge in [0.15, 0.2) is 5.69 Å². The van der Waals surface area contributed by atoms with Crippen molar-refractivity contribution in [3.8, 4) is 22.8 Å². The predicted octanol–water partition coefficient (Wildman–Crippen LogP) is 4.77. The maximum absolute atomic E-state index is 13.0. The number of nitrogens with one attached hydrogen (secondary N) is 1. The number of aromatic amines is 1.